The van der Waals surface area contributed by atoms with Crippen LogP contribution in [0, 0.1) is 12.7 Å². The zero-order valence-electron chi connectivity index (χ0n) is 10.7. The molecule has 18 heavy (non-hydrogen) atoms. The van der Waals surface area contributed by atoms with Crippen LogP contribution in [0.5, 0.6) is 0 Å². The van der Waals surface area contributed by atoms with Crippen molar-refractivity contribution in [3.8, 4) is 0 Å². The fourth-order valence-electron chi connectivity index (χ4n) is 1.86. The number of nitrogens with zero attached hydrogens (tertiary/aromatic N) is 1. The highest BCUT2D eigenvalue weighted by atomic mass is 19.1. The van der Waals surface area contributed by atoms with Gasteiger partial charge in [0.2, 0.25) is 0 Å². The second kappa shape index (κ2) is 5.08. The van der Waals surface area contributed by atoms with Crippen LogP contribution in [0.2, 0.25) is 0 Å². The third-order valence-electron chi connectivity index (χ3n) is 2.87. The molecule has 0 aliphatic rings. The van der Waals surface area contributed by atoms with E-state index in [9.17, 15) is 4.39 Å². The lowest BCUT2D eigenvalue weighted by molar-refractivity contribution is 0.534. The number of aliphatic imine (C=N–C) groups is 1. The van der Waals surface area contributed by atoms with Gasteiger partial charge in [0.25, 0.3) is 0 Å². The van der Waals surface area contributed by atoms with E-state index in [1.807, 2.05) is 6.92 Å². The van der Waals surface area contributed by atoms with Gasteiger partial charge in [0.1, 0.15) is 17.2 Å². The van der Waals surface area contributed by atoms with E-state index >= 15 is 0 Å². The summed E-state index contributed by atoms with van der Waals surface area (Å²) in [5, 5.41) is 6.84. The average Bonchev–Trinajstić information content (AvgIpc) is 2.68. The number of nitrogens with one attached hydrogen (secondary N) is 2. The second-order valence-electron chi connectivity index (χ2n) is 3.97. The van der Waals surface area contributed by atoms with E-state index < -0.39 is 0 Å². The van der Waals surface area contributed by atoms with Gasteiger partial charge in [0.15, 0.2) is 5.96 Å². The first-order valence-electron chi connectivity index (χ1n) is 5.71. The molecule has 2 N–H and O–H groups in total. The molecule has 0 radical (unpaired) electrons. The molecule has 2 rings (SSSR count). The average molecular weight is 249 g/mol. The Hall–Kier alpha value is -2.04. The minimum Gasteiger partial charge on any atom is -0.459 e. The van der Waals surface area contributed by atoms with Crippen molar-refractivity contribution in [1.29, 1.82) is 0 Å². The largest absolute Gasteiger partial charge is 0.459 e. The Morgan fingerprint density at radius 3 is 2.89 bits per heavy atom. The summed E-state index contributed by atoms with van der Waals surface area (Å²) < 4.78 is 18.8. The smallest absolute Gasteiger partial charge is 0.191 e. The second-order valence-corrected chi connectivity index (χ2v) is 3.97. The molecule has 0 bridgehead atoms. The van der Waals surface area contributed by atoms with Gasteiger partial charge in [-0.1, -0.05) is 0 Å². The lowest BCUT2D eigenvalue weighted by Crippen LogP contribution is -2.34. The third-order valence-corrected chi connectivity index (χ3v) is 2.87. The highest BCUT2D eigenvalue weighted by Crippen LogP contribution is 2.25. The Bertz CT molecular complexity index is 589. The van der Waals surface area contributed by atoms with Gasteiger partial charge in [-0.05, 0) is 25.1 Å². The van der Waals surface area contributed by atoms with Gasteiger partial charge in [-0.3, -0.25) is 4.99 Å². The number of hydrogen-bond donors (Lipinski definition) is 2. The lowest BCUT2D eigenvalue weighted by atomic mass is 10.1. The number of halogens is 1. The van der Waals surface area contributed by atoms with Crippen LogP contribution in [0.4, 0.5) is 4.39 Å². The minimum atomic E-state index is -0.253. The molecular formula is C13H16FN3O. The van der Waals surface area contributed by atoms with Crippen molar-refractivity contribution in [3.63, 3.8) is 0 Å². The van der Waals surface area contributed by atoms with E-state index in [4.69, 9.17) is 4.42 Å². The van der Waals surface area contributed by atoms with Crippen LogP contribution < -0.4 is 10.6 Å². The number of benzene rings is 1. The molecule has 4 nitrogen and oxygen atoms in total. The Kier molecular flexibility index (Phi) is 3.50. The molecule has 0 fully saturated rings. The number of hydrogen-bond acceptors (Lipinski definition) is 2. The van der Waals surface area contributed by atoms with Crippen LogP contribution in [-0.2, 0) is 6.54 Å². The molecule has 1 aromatic carbocycles. The van der Waals surface area contributed by atoms with Crippen molar-refractivity contribution in [2.45, 2.75) is 13.5 Å². The van der Waals surface area contributed by atoms with Gasteiger partial charge in [0.05, 0.1) is 6.54 Å². The van der Waals surface area contributed by atoms with Gasteiger partial charge in [-0.15, -0.1) is 0 Å². The monoisotopic (exact) mass is 249 g/mol. The molecule has 1 aromatic heterocycles. The summed E-state index contributed by atoms with van der Waals surface area (Å²) in [5.74, 6) is 1.21. The molecule has 0 aliphatic carbocycles. The Labute approximate surface area is 105 Å². The van der Waals surface area contributed by atoms with Crippen molar-refractivity contribution < 1.29 is 8.81 Å². The molecule has 0 atom stereocenters. The molecule has 0 aliphatic heterocycles. The first-order chi connectivity index (χ1) is 8.65. The number of aryl methyl sites for hydroxylation is 1. The van der Waals surface area contributed by atoms with Crippen LogP contribution in [0.15, 0.2) is 27.6 Å². The molecule has 5 heteroatoms. The zero-order chi connectivity index (χ0) is 13.1. The normalized spacial score (nSPS) is 11.9. The summed E-state index contributed by atoms with van der Waals surface area (Å²) in [6, 6.07) is 4.54. The molecule has 0 unspecified atom stereocenters. The highest BCUT2D eigenvalue weighted by Gasteiger charge is 2.11. The summed E-state index contributed by atoms with van der Waals surface area (Å²) in [7, 11) is 3.48. The molecule has 96 valence electrons. The standard InChI is InChI=1S/C13H16FN3O/c1-8-10-6-9(14)4-5-11(10)18-12(8)7-17-13(15-2)16-3/h4-6H,7H2,1-3H3,(H2,15,16,17). The van der Waals surface area contributed by atoms with E-state index in [0.29, 0.717) is 18.1 Å². The van der Waals surface area contributed by atoms with Crippen LogP contribution >= 0.6 is 0 Å². The zero-order valence-corrected chi connectivity index (χ0v) is 10.7. The summed E-state index contributed by atoms with van der Waals surface area (Å²) in [6.45, 7) is 2.43. The van der Waals surface area contributed by atoms with E-state index in [2.05, 4.69) is 15.6 Å². The maximum absolute atomic E-state index is 13.2. The first-order valence-corrected chi connectivity index (χ1v) is 5.71. The Balaban J connectivity index is 2.26. The lowest BCUT2D eigenvalue weighted by Gasteiger charge is -2.06. The quantitative estimate of drug-likeness (QED) is 0.633. The van der Waals surface area contributed by atoms with E-state index in [0.717, 1.165) is 16.7 Å². The number of rotatable bonds is 2. The van der Waals surface area contributed by atoms with Crippen molar-refractivity contribution in [1.82, 2.24) is 10.6 Å². The minimum absolute atomic E-state index is 0.253. The van der Waals surface area contributed by atoms with E-state index in [1.165, 1.54) is 12.1 Å². The van der Waals surface area contributed by atoms with Crippen molar-refractivity contribution in [2.24, 2.45) is 4.99 Å². The molecule has 0 saturated heterocycles. The van der Waals surface area contributed by atoms with Crippen molar-refractivity contribution in [3.05, 3.63) is 35.3 Å². The van der Waals surface area contributed by atoms with Gasteiger partial charge >= 0.3 is 0 Å². The highest BCUT2D eigenvalue weighted by molar-refractivity contribution is 5.83. The molecular weight excluding hydrogens is 233 g/mol. The van der Waals surface area contributed by atoms with Crippen LogP contribution in [0.3, 0.4) is 0 Å². The fraction of sp³-hybridized carbons (Fsp3) is 0.308. The summed E-state index contributed by atoms with van der Waals surface area (Å²) in [5.41, 5.74) is 1.65. The fourth-order valence-corrected chi connectivity index (χ4v) is 1.86. The summed E-state index contributed by atoms with van der Waals surface area (Å²) in [4.78, 5) is 4.01. The van der Waals surface area contributed by atoms with Crippen molar-refractivity contribution >= 4 is 16.9 Å². The van der Waals surface area contributed by atoms with E-state index in [1.54, 1.807) is 20.2 Å². The molecule has 2 aromatic rings. The number of guanidine groups is 1. The Morgan fingerprint density at radius 2 is 2.22 bits per heavy atom. The maximum atomic E-state index is 13.2. The molecule has 1 heterocycles. The van der Waals surface area contributed by atoms with Crippen LogP contribution in [0.1, 0.15) is 11.3 Å². The maximum Gasteiger partial charge on any atom is 0.191 e. The summed E-state index contributed by atoms with van der Waals surface area (Å²) >= 11 is 0. The predicted molar refractivity (Wildman–Crippen MR) is 70.2 cm³/mol. The summed E-state index contributed by atoms with van der Waals surface area (Å²) in [6.07, 6.45) is 0. The van der Waals surface area contributed by atoms with Gasteiger partial charge in [0, 0.05) is 25.0 Å². The van der Waals surface area contributed by atoms with Gasteiger partial charge in [-0.2, -0.15) is 0 Å². The third kappa shape index (κ3) is 2.30. The van der Waals surface area contributed by atoms with Gasteiger partial charge < -0.3 is 15.1 Å². The van der Waals surface area contributed by atoms with Crippen LogP contribution in [0.25, 0.3) is 11.0 Å². The number of furan rings is 1. The first kappa shape index (κ1) is 12.4. The predicted octanol–water partition coefficient (Wildman–Crippen LogP) is 2.18. The molecule has 0 amide bonds. The Morgan fingerprint density at radius 1 is 1.44 bits per heavy atom. The van der Waals surface area contributed by atoms with Crippen molar-refractivity contribution in [2.75, 3.05) is 14.1 Å². The molecule has 0 saturated carbocycles. The number of fused-ring (bicyclic) bond motifs is 1. The molecule has 0 spiro atoms. The SMILES string of the molecule is CN=C(NC)NCc1oc2ccc(F)cc2c1C. The van der Waals surface area contributed by atoms with Crippen LogP contribution in [-0.4, -0.2) is 20.1 Å². The van der Waals surface area contributed by atoms with Gasteiger partial charge in [-0.25, -0.2) is 4.39 Å². The van der Waals surface area contributed by atoms with E-state index in [-0.39, 0.29) is 5.82 Å². The topological polar surface area (TPSA) is 49.6 Å².